The predicted octanol–water partition coefficient (Wildman–Crippen LogP) is 0.499. The minimum Gasteiger partial charge on any atom is -0.550 e. The number of rotatable bonds is 9. The van der Waals surface area contributed by atoms with Gasteiger partial charge in [-0.2, -0.15) is 0 Å². The molecule has 0 aliphatic heterocycles. The molecule has 162 valence electrons. The summed E-state index contributed by atoms with van der Waals surface area (Å²) in [6, 6.07) is 20.5. The Labute approximate surface area is 234 Å². The fourth-order valence-electron chi connectivity index (χ4n) is 3.10. The Morgan fingerprint density at radius 2 is 1.73 bits per heavy atom. The second-order valence-corrected chi connectivity index (χ2v) is 7.13. The molecule has 0 saturated carbocycles. The summed E-state index contributed by atoms with van der Waals surface area (Å²) in [4.78, 5) is 19.5. The molecule has 2 aromatic carbocycles. The zero-order valence-corrected chi connectivity index (χ0v) is 21.6. The first kappa shape index (κ1) is 25.1. The molecule has 0 atom stereocenters. The van der Waals surface area contributed by atoms with Crippen LogP contribution in [0.15, 0.2) is 77.3 Å². The third-order valence-electron chi connectivity index (χ3n) is 4.77. The monoisotopic (exact) mass is 468 g/mol. The van der Waals surface area contributed by atoms with Gasteiger partial charge in [-0.25, -0.2) is 9.97 Å². The molecule has 8 heteroatoms. The molecule has 0 saturated heterocycles. The number of pyridine rings is 1. The number of carbonyl (C=O) groups excluding carboxylic acids is 1. The number of benzene rings is 2. The summed E-state index contributed by atoms with van der Waals surface area (Å²) in [6.07, 6.45) is 1.31. The van der Waals surface area contributed by atoms with E-state index in [9.17, 15) is 9.90 Å². The van der Waals surface area contributed by atoms with E-state index in [1.165, 1.54) is 0 Å². The first-order chi connectivity index (χ1) is 15.6. The standard InChI is InChI=1S/C25H22N2O5.K/c1-17-22(27-25(32-17)19-6-3-2-4-7-19)16-30-21-11-9-18(10-12-21)15-31-24-20(14-23(28)29)8-5-13-26-24;/h2-13H,14-16H2,1H3,(H,28,29);/q;+1/p-1. The summed E-state index contributed by atoms with van der Waals surface area (Å²) in [5.74, 6) is 1.08. The van der Waals surface area contributed by atoms with Gasteiger partial charge < -0.3 is 23.8 Å². The number of hydrogen-bond acceptors (Lipinski definition) is 7. The van der Waals surface area contributed by atoms with E-state index < -0.39 is 5.97 Å². The molecule has 0 amide bonds. The second kappa shape index (κ2) is 12.1. The van der Waals surface area contributed by atoms with Crippen molar-refractivity contribution >= 4 is 5.97 Å². The molecule has 4 aromatic rings. The van der Waals surface area contributed by atoms with Gasteiger partial charge in [0.25, 0.3) is 0 Å². The quantitative estimate of drug-likeness (QED) is 0.330. The van der Waals surface area contributed by atoms with Gasteiger partial charge in [0, 0.05) is 29.7 Å². The molecule has 4 rings (SSSR count). The van der Waals surface area contributed by atoms with Crippen molar-refractivity contribution in [3.05, 3.63) is 95.5 Å². The number of hydrogen-bond donors (Lipinski definition) is 0. The molecule has 0 fully saturated rings. The van der Waals surface area contributed by atoms with Crippen molar-refractivity contribution in [2.45, 2.75) is 26.6 Å². The third-order valence-corrected chi connectivity index (χ3v) is 4.77. The van der Waals surface area contributed by atoms with Crippen molar-refractivity contribution in [1.82, 2.24) is 9.97 Å². The van der Waals surface area contributed by atoms with Crippen LogP contribution in [0.5, 0.6) is 11.6 Å². The predicted molar refractivity (Wildman–Crippen MR) is 115 cm³/mol. The van der Waals surface area contributed by atoms with Crippen LogP contribution in [0.25, 0.3) is 11.5 Å². The Morgan fingerprint density at radius 3 is 2.45 bits per heavy atom. The van der Waals surface area contributed by atoms with Crippen LogP contribution < -0.4 is 66.0 Å². The van der Waals surface area contributed by atoms with E-state index >= 15 is 0 Å². The largest absolute Gasteiger partial charge is 1.00 e. The average Bonchev–Trinajstić information content (AvgIpc) is 3.18. The van der Waals surface area contributed by atoms with Crippen LogP contribution in [0, 0.1) is 6.92 Å². The van der Waals surface area contributed by atoms with Gasteiger partial charge in [-0.15, -0.1) is 0 Å². The van der Waals surface area contributed by atoms with Crippen LogP contribution in [0.3, 0.4) is 0 Å². The van der Waals surface area contributed by atoms with E-state index in [2.05, 4.69) is 9.97 Å². The summed E-state index contributed by atoms with van der Waals surface area (Å²) < 4.78 is 17.3. The van der Waals surface area contributed by atoms with Crippen LogP contribution in [-0.4, -0.2) is 15.9 Å². The topological polar surface area (TPSA) is 97.5 Å². The summed E-state index contributed by atoms with van der Waals surface area (Å²) in [6.45, 7) is 2.41. The van der Waals surface area contributed by atoms with Gasteiger partial charge in [0.05, 0.1) is 0 Å². The average molecular weight is 469 g/mol. The summed E-state index contributed by atoms with van der Waals surface area (Å²) in [7, 11) is 0. The van der Waals surface area contributed by atoms with E-state index in [0.29, 0.717) is 23.8 Å². The smallest absolute Gasteiger partial charge is 0.550 e. The fraction of sp³-hybridized carbons (Fsp3) is 0.160. The van der Waals surface area contributed by atoms with Crippen molar-refractivity contribution in [3.63, 3.8) is 0 Å². The SMILES string of the molecule is Cc1oc(-c2ccccc2)nc1COc1ccc(COc2ncccc2CC(=O)[O-])cc1.[K+]. The molecular weight excluding hydrogens is 447 g/mol. The third kappa shape index (κ3) is 6.99. The van der Waals surface area contributed by atoms with Crippen molar-refractivity contribution in [2.24, 2.45) is 0 Å². The maximum absolute atomic E-state index is 10.9. The molecule has 2 aromatic heterocycles. The molecule has 33 heavy (non-hydrogen) atoms. The number of ether oxygens (including phenoxy) is 2. The Balaban J connectivity index is 0.00000306. The number of oxazole rings is 1. The zero-order chi connectivity index (χ0) is 22.3. The minimum absolute atomic E-state index is 0. The molecular formula is C25H21KN2O5. The Bertz CT molecular complexity index is 1190. The number of aromatic nitrogens is 2. The molecule has 7 nitrogen and oxygen atoms in total. The second-order valence-electron chi connectivity index (χ2n) is 7.13. The maximum Gasteiger partial charge on any atom is 1.00 e. The van der Waals surface area contributed by atoms with E-state index in [-0.39, 0.29) is 70.3 Å². The first-order valence-electron chi connectivity index (χ1n) is 10.1. The van der Waals surface area contributed by atoms with Crippen molar-refractivity contribution < 1.29 is 75.2 Å². The number of nitrogens with zero attached hydrogens (tertiary/aromatic N) is 2. The van der Waals surface area contributed by atoms with Crippen LogP contribution in [0.2, 0.25) is 0 Å². The van der Waals surface area contributed by atoms with Crippen molar-refractivity contribution in [3.8, 4) is 23.1 Å². The van der Waals surface area contributed by atoms with Gasteiger partial charge in [0.2, 0.25) is 11.8 Å². The van der Waals surface area contributed by atoms with Gasteiger partial charge in [-0.05, 0) is 42.8 Å². The maximum atomic E-state index is 10.9. The molecule has 0 aliphatic rings. The molecule has 0 N–H and O–H groups in total. The number of aliphatic carboxylic acids is 1. The zero-order valence-electron chi connectivity index (χ0n) is 18.5. The Morgan fingerprint density at radius 1 is 0.970 bits per heavy atom. The minimum atomic E-state index is -1.18. The van der Waals surface area contributed by atoms with Gasteiger partial charge >= 0.3 is 51.4 Å². The van der Waals surface area contributed by atoms with Crippen LogP contribution in [-0.2, 0) is 24.4 Å². The molecule has 0 radical (unpaired) electrons. The molecule has 0 spiro atoms. The van der Waals surface area contributed by atoms with Crippen LogP contribution in [0.4, 0.5) is 0 Å². The van der Waals surface area contributed by atoms with E-state index in [1.807, 2.05) is 61.5 Å². The van der Waals surface area contributed by atoms with Gasteiger partial charge in [-0.3, -0.25) is 0 Å². The van der Waals surface area contributed by atoms with Crippen molar-refractivity contribution in [2.75, 3.05) is 0 Å². The Kier molecular flexibility index (Phi) is 9.22. The molecule has 0 unspecified atom stereocenters. The summed E-state index contributed by atoms with van der Waals surface area (Å²) in [5, 5.41) is 10.9. The molecule has 2 heterocycles. The van der Waals surface area contributed by atoms with Gasteiger partial charge in [0.15, 0.2) is 0 Å². The number of carbonyl (C=O) groups is 1. The number of aryl methyl sites for hydroxylation is 1. The van der Waals surface area contributed by atoms with Crippen LogP contribution in [0.1, 0.15) is 22.6 Å². The summed E-state index contributed by atoms with van der Waals surface area (Å²) >= 11 is 0. The normalized spacial score (nSPS) is 10.3. The number of carboxylic acids is 1. The summed E-state index contributed by atoms with van der Waals surface area (Å²) in [5.41, 5.74) is 3.03. The first-order valence-corrected chi connectivity index (χ1v) is 10.1. The van der Waals surface area contributed by atoms with Crippen LogP contribution >= 0.6 is 0 Å². The number of carboxylic acid groups (broad SMARTS) is 1. The van der Waals surface area contributed by atoms with E-state index in [1.54, 1.807) is 18.3 Å². The van der Waals surface area contributed by atoms with Gasteiger partial charge in [-0.1, -0.05) is 36.4 Å². The van der Waals surface area contributed by atoms with Crippen molar-refractivity contribution in [1.29, 1.82) is 0 Å². The molecule has 0 aliphatic carbocycles. The fourth-order valence-corrected chi connectivity index (χ4v) is 3.10. The Hall–Kier alpha value is -2.49. The van der Waals surface area contributed by atoms with E-state index in [4.69, 9.17) is 13.9 Å². The van der Waals surface area contributed by atoms with Gasteiger partial charge in [0.1, 0.15) is 30.4 Å². The van der Waals surface area contributed by atoms with E-state index in [0.717, 1.165) is 22.6 Å². The molecule has 0 bridgehead atoms.